The van der Waals surface area contributed by atoms with E-state index >= 15 is 0 Å². The van der Waals surface area contributed by atoms with E-state index in [-0.39, 0.29) is 5.03 Å². The Bertz CT molecular complexity index is 609. The number of piperazine rings is 1. The van der Waals surface area contributed by atoms with Crippen molar-refractivity contribution >= 4 is 10.0 Å². The van der Waals surface area contributed by atoms with Crippen LogP contribution in [0.3, 0.4) is 0 Å². The molecule has 0 aromatic carbocycles. The van der Waals surface area contributed by atoms with Crippen LogP contribution in [-0.2, 0) is 17.1 Å². The molecule has 2 fully saturated rings. The average Bonchev–Trinajstić information content (AvgIpc) is 2.89. The van der Waals surface area contributed by atoms with Gasteiger partial charge < -0.3 is 14.8 Å². The lowest BCUT2D eigenvalue weighted by molar-refractivity contribution is 0.152. The Morgan fingerprint density at radius 2 is 1.87 bits per heavy atom. The highest BCUT2D eigenvalue weighted by Gasteiger charge is 2.31. The lowest BCUT2D eigenvalue weighted by atomic mass is 9.97. The van der Waals surface area contributed by atoms with Crippen molar-refractivity contribution in [3.8, 4) is 0 Å². The molecule has 1 aromatic rings. The van der Waals surface area contributed by atoms with E-state index in [1.165, 1.54) is 12.8 Å². The highest BCUT2D eigenvalue weighted by molar-refractivity contribution is 7.89. The third-order valence-corrected chi connectivity index (χ3v) is 6.77. The van der Waals surface area contributed by atoms with E-state index in [1.807, 2.05) is 14.0 Å². The minimum absolute atomic E-state index is 0.171. The first kappa shape index (κ1) is 16.9. The van der Waals surface area contributed by atoms with Crippen LogP contribution < -0.4 is 5.32 Å². The molecule has 0 radical (unpaired) electrons. The Labute approximate surface area is 138 Å². The fraction of sp³-hybridized carbons (Fsp3) is 0.800. The number of aryl methyl sites for hydroxylation is 2. The van der Waals surface area contributed by atoms with Gasteiger partial charge in [-0.15, -0.1) is 0 Å². The Morgan fingerprint density at radius 3 is 2.43 bits per heavy atom. The number of imidazole rings is 1. The summed E-state index contributed by atoms with van der Waals surface area (Å²) in [5.41, 5.74) is 0. The summed E-state index contributed by atoms with van der Waals surface area (Å²) in [5, 5.41) is 3.56. The third-order valence-electron chi connectivity index (χ3n) is 5.00. The van der Waals surface area contributed by atoms with Crippen molar-refractivity contribution < 1.29 is 8.42 Å². The maximum atomic E-state index is 12.7. The Kier molecular flexibility index (Phi) is 5.05. The first-order chi connectivity index (χ1) is 11.0. The summed E-state index contributed by atoms with van der Waals surface area (Å²) in [5.74, 6) is 1.46. The summed E-state index contributed by atoms with van der Waals surface area (Å²) in [4.78, 5) is 6.59. The van der Waals surface area contributed by atoms with Crippen LogP contribution in [0.1, 0.15) is 18.7 Å². The number of nitrogens with zero attached hydrogens (tertiary/aromatic N) is 4. The van der Waals surface area contributed by atoms with Gasteiger partial charge in [0, 0.05) is 46.0 Å². The summed E-state index contributed by atoms with van der Waals surface area (Å²) in [7, 11) is -1.64. The highest BCUT2D eigenvalue weighted by Crippen LogP contribution is 2.19. The molecule has 0 unspecified atom stereocenters. The zero-order chi connectivity index (χ0) is 16.4. The van der Waals surface area contributed by atoms with Crippen molar-refractivity contribution in [2.75, 3.05) is 45.8 Å². The topological polar surface area (TPSA) is 70.5 Å². The Hall–Kier alpha value is -0.960. The third kappa shape index (κ3) is 3.76. The number of nitrogens with one attached hydrogen (secondary N) is 1. The second kappa shape index (κ2) is 6.88. The number of hydrogen-bond donors (Lipinski definition) is 1. The van der Waals surface area contributed by atoms with E-state index in [0.717, 1.165) is 38.6 Å². The molecular formula is C15H27N5O2S. The van der Waals surface area contributed by atoms with Crippen molar-refractivity contribution in [1.82, 2.24) is 24.1 Å². The van der Waals surface area contributed by atoms with E-state index in [9.17, 15) is 8.42 Å². The predicted octanol–water partition coefficient (Wildman–Crippen LogP) is 0.0344. The Morgan fingerprint density at radius 1 is 1.22 bits per heavy atom. The summed E-state index contributed by atoms with van der Waals surface area (Å²) < 4.78 is 28.7. The molecule has 2 aliphatic heterocycles. The summed E-state index contributed by atoms with van der Waals surface area (Å²) in [6.45, 7) is 7.88. The fourth-order valence-electron chi connectivity index (χ4n) is 3.36. The molecule has 130 valence electrons. The van der Waals surface area contributed by atoms with Crippen molar-refractivity contribution in [1.29, 1.82) is 0 Å². The smallest absolute Gasteiger partial charge is 0.262 e. The molecule has 1 aromatic heterocycles. The van der Waals surface area contributed by atoms with Crippen molar-refractivity contribution in [3.63, 3.8) is 0 Å². The highest BCUT2D eigenvalue weighted by atomic mass is 32.2. The molecule has 0 bridgehead atoms. The zero-order valence-corrected chi connectivity index (χ0v) is 14.8. The molecule has 2 saturated heterocycles. The number of hydrogen-bond acceptors (Lipinski definition) is 5. The molecule has 7 nitrogen and oxygen atoms in total. The molecule has 2 aliphatic rings. The van der Waals surface area contributed by atoms with Crippen LogP contribution in [0.5, 0.6) is 0 Å². The van der Waals surface area contributed by atoms with Crippen LogP contribution in [0, 0.1) is 12.8 Å². The monoisotopic (exact) mass is 341 g/mol. The molecule has 0 aliphatic carbocycles. The molecule has 3 rings (SSSR count). The van der Waals surface area contributed by atoms with Gasteiger partial charge >= 0.3 is 0 Å². The first-order valence-electron chi connectivity index (χ1n) is 8.40. The van der Waals surface area contributed by atoms with Crippen LogP contribution >= 0.6 is 0 Å². The van der Waals surface area contributed by atoms with Crippen LogP contribution in [0.25, 0.3) is 0 Å². The van der Waals surface area contributed by atoms with Gasteiger partial charge in [0.2, 0.25) is 0 Å². The van der Waals surface area contributed by atoms with Gasteiger partial charge in [-0.3, -0.25) is 0 Å². The second-order valence-electron chi connectivity index (χ2n) is 6.64. The van der Waals surface area contributed by atoms with Gasteiger partial charge in [-0.25, -0.2) is 13.4 Å². The standard InChI is InChI=1S/C15H27N5O2S/c1-13-17-15(12-18(13)2)23(21,22)20-9-7-19(8-10-20)11-14-3-5-16-6-4-14/h12,14,16H,3-11H2,1-2H3. The van der Waals surface area contributed by atoms with Gasteiger partial charge in [0.25, 0.3) is 10.0 Å². The molecule has 0 saturated carbocycles. The molecule has 0 atom stereocenters. The number of sulfonamides is 1. The van der Waals surface area contributed by atoms with Crippen LogP contribution in [0.2, 0.25) is 0 Å². The second-order valence-corrected chi connectivity index (χ2v) is 8.52. The number of rotatable bonds is 4. The minimum atomic E-state index is -3.46. The largest absolute Gasteiger partial charge is 0.337 e. The Balaban J connectivity index is 1.57. The number of aromatic nitrogens is 2. The summed E-state index contributed by atoms with van der Waals surface area (Å²) in [6, 6.07) is 0. The van der Waals surface area contributed by atoms with Gasteiger partial charge in [-0.1, -0.05) is 0 Å². The van der Waals surface area contributed by atoms with Crippen LogP contribution in [-0.4, -0.2) is 73.0 Å². The lowest BCUT2D eigenvalue weighted by Gasteiger charge is -2.36. The SMILES string of the molecule is Cc1nc(S(=O)(=O)N2CCN(CC3CCNCC3)CC2)cn1C. The van der Waals surface area contributed by atoms with Crippen LogP contribution in [0.15, 0.2) is 11.2 Å². The predicted molar refractivity (Wildman–Crippen MR) is 88.7 cm³/mol. The van der Waals surface area contributed by atoms with E-state index in [0.29, 0.717) is 18.9 Å². The number of piperidine rings is 1. The fourth-order valence-corrected chi connectivity index (χ4v) is 4.81. The lowest BCUT2D eigenvalue weighted by Crippen LogP contribution is -2.50. The molecule has 8 heteroatoms. The van der Waals surface area contributed by atoms with E-state index in [4.69, 9.17) is 0 Å². The zero-order valence-electron chi connectivity index (χ0n) is 14.0. The van der Waals surface area contributed by atoms with Crippen LogP contribution in [0.4, 0.5) is 0 Å². The van der Waals surface area contributed by atoms with E-state index in [2.05, 4.69) is 15.2 Å². The molecule has 23 heavy (non-hydrogen) atoms. The van der Waals surface area contributed by atoms with Gasteiger partial charge in [-0.05, 0) is 38.8 Å². The molecule has 0 spiro atoms. The van der Waals surface area contributed by atoms with Crippen molar-refractivity contribution in [2.45, 2.75) is 24.8 Å². The molecule has 1 N–H and O–H groups in total. The normalized spacial score (nSPS) is 22.5. The molecule has 0 amide bonds. The quantitative estimate of drug-likeness (QED) is 0.837. The minimum Gasteiger partial charge on any atom is -0.337 e. The van der Waals surface area contributed by atoms with Crippen molar-refractivity contribution in [2.24, 2.45) is 13.0 Å². The van der Waals surface area contributed by atoms with E-state index in [1.54, 1.807) is 15.1 Å². The molecule has 3 heterocycles. The van der Waals surface area contributed by atoms with E-state index < -0.39 is 10.0 Å². The summed E-state index contributed by atoms with van der Waals surface area (Å²) in [6.07, 6.45) is 4.06. The van der Waals surface area contributed by atoms with Gasteiger partial charge in [-0.2, -0.15) is 4.31 Å². The summed E-state index contributed by atoms with van der Waals surface area (Å²) >= 11 is 0. The van der Waals surface area contributed by atoms with Gasteiger partial charge in [0.1, 0.15) is 5.82 Å². The van der Waals surface area contributed by atoms with Gasteiger partial charge in [0.15, 0.2) is 5.03 Å². The van der Waals surface area contributed by atoms with Crippen molar-refractivity contribution in [3.05, 3.63) is 12.0 Å². The average molecular weight is 341 g/mol. The maximum absolute atomic E-state index is 12.7. The first-order valence-corrected chi connectivity index (χ1v) is 9.84. The van der Waals surface area contributed by atoms with Gasteiger partial charge in [0.05, 0.1) is 0 Å². The molecular weight excluding hydrogens is 314 g/mol. The maximum Gasteiger partial charge on any atom is 0.262 e.